The lowest BCUT2D eigenvalue weighted by Gasteiger charge is -2.32. The number of aromatic nitrogens is 2. The van der Waals surface area contributed by atoms with E-state index in [9.17, 15) is 0 Å². The van der Waals surface area contributed by atoms with Crippen LogP contribution in [0.1, 0.15) is 17.5 Å². The first kappa shape index (κ1) is 15.8. The van der Waals surface area contributed by atoms with Gasteiger partial charge in [-0.3, -0.25) is 14.9 Å². The number of H-pyrrole nitrogens is 1. The Morgan fingerprint density at radius 1 is 1.12 bits per heavy atom. The molecule has 5 heteroatoms. The zero-order valence-electron chi connectivity index (χ0n) is 14.5. The Hall–Kier alpha value is -1.69. The van der Waals surface area contributed by atoms with Crippen molar-refractivity contribution < 1.29 is 0 Å². The minimum atomic E-state index is 0.724. The molecule has 0 amide bonds. The lowest BCUT2D eigenvalue weighted by atomic mass is 10.1. The quantitative estimate of drug-likeness (QED) is 0.901. The molecule has 1 aromatic carbocycles. The molecule has 4 rings (SSSR count). The van der Waals surface area contributed by atoms with E-state index in [1.165, 1.54) is 55.0 Å². The maximum atomic E-state index is 4.30. The molecule has 2 N–H and O–H groups in total. The summed E-state index contributed by atoms with van der Waals surface area (Å²) in [7, 11) is 0. The number of aromatic amines is 1. The molecule has 0 bridgehead atoms. The normalized spacial score (nSPS) is 23.0. The fourth-order valence-corrected chi connectivity index (χ4v) is 3.94. The van der Waals surface area contributed by atoms with Crippen molar-refractivity contribution in [3.05, 3.63) is 41.6 Å². The van der Waals surface area contributed by atoms with Gasteiger partial charge in [-0.15, -0.1) is 0 Å². The van der Waals surface area contributed by atoms with E-state index in [-0.39, 0.29) is 0 Å². The molecule has 24 heavy (non-hydrogen) atoms. The molecule has 3 heterocycles. The summed E-state index contributed by atoms with van der Waals surface area (Å²) in [6.45, 7) is 10.1. The molecule has 2 aliphatic heterocycles. The number of nitrogens with one attached hydrogen (secondary N) is 2. The number of piperazine rings is 1. The third kappa shape index (κ3) is 3.38. The number of hydrogen-bond acceptors (Lipinski definition) is 4. The Balaban J connectivity index is 1.41. The largest absolute Gasteiger partial charge is 0.314 e. The van der Waals surface area contributed by atoms with Crippen LogP contribution in [0.15, 0.2) is 30.5 Å². The monoisotopic (exact) mass is 325 g/mol. The van der Waals surface area contributed by atoms with E-state index in [2.05, 4.69) is 56.5 Å². The molecule has 5 nitrogen and oxygen atoms in total. The van der Waals surface area contributed by atoms with Gasteiger partial charge < -0.3 is 5.32 Å². The summed E-state index contributed by atoms with van der Waals surface area (Å²) >= 11 is 0. The minimum absolute atomic E-state index is 0.724. The van der Waals surface area contributed by atoms with Gasteiger partial charge in [0.15, 0.2) is 0 Å². The van der Waals surface area contributed by atoms with Gasteiger partial charge in [-0.1, -0.05) is 29.8 Å². The topological polar surface area (TPSA) is 47.2 Å². The highest BCUT2D eigenvalue weighted by Gasteiger charge is 2.28. The van der Waals surface area contributed by atoms with Crippen molar-refractivity contribution >= 4 is 0 Å². The van der Waals surface area contributed by atoms with Crippen molar-refractivity contribution in [2.75, 3.05) is 39.3 Å². The van der Waals surface area contributed by atoms with Crippen LogP contribution in [0.2, 0.25) is 0 Å². The standard InChI is InChI=1S/C19H27N5/c1-15-2-4-16(5-3-15)19-17(12-21-22-19)13-23-9-6-18(14-23)24-10-7-20-8-11-24/h2-5,12,18,20H,6-11,13-14H2,1H3,(H,21,22). The van der Waals surface area contributed by atoms with Crippen molar-refractivity contribution in [1.82, 2.24) is 25.3 Å². The average molecular weight is 325 g/mol. The molecule has 0 saturated carbocycles. The van der Waals surface area contributed by atoms with Crippen LogP contribution < -0.4 is 5.32 Å². The van der Waals surface area contributed by atoms with E-state index in [1.807, 2.05) is 6.20 Å². The second-order valence-corrected chi connectivity index (χ2v) is 7.10. The lowest BCUT2D eigenvalue weighted by molar-refractivity contribution is 0.170. The van der Waals surface area contributed by atoms with Gasteiger partial charge in [-0.25, -0.2) is 0 Å². The fourth-order valence-electron chi connectivity index (χ4n) is 3.94. The van der Waals surface area contributed by atoms with Crippen molar-refractivity contribution in [3.63, 3.8) is 0 Å². The fraction of sp³-hybridized carbons (Fsp3) is 0.526. The molecule has 1 atom stereocenters. The molecule has 2 saturated heterocycles. The van der Waals surface area contributed by atoms with Gasteiger partial charge in [0.1, 0.15) is 0 Å². The molecule has 1 unspecified atom stereocenters. The van der Waals surface area contributed by atoms with Crippen LogP contribution in [0, 0.1) is 6.92 Å². The van der Waals surface area contributed by atoms with Gasteiger partial charge in [0.25, 0.3) is 0 Å². The summed E-state index contributed by atoms with van der Waals surface area (Å²) in [5.41, 5.74) is 4.99. The second-order valence-electron chi connectivity index (χ2n) is 7.10. The molecule has 0 radical (unpaired) electrons. The maximum absolute atomic E-state index is 4.30. The summed E-state index contributed by atoms with van der Waals surface area (Å²) in [6.07, 6.45) is 3.28. The van der Waals surface area contributed by atoms with Crippen molar-refractivity contribution in [2.45, 2.75) is 25.9 Å². The first-order chi connectivity index (χ1) is 11.8. The van der Waals surface area contributed by atoms with Crippen molar-refractivity contribution in [3.8, 4) is 11.3 Å². The predicted molar refractivity (Wildman–Crippen MR) is 96.9 cm³/mol. The summed E-state index contributed by atoms with van der Waals surface area (Å²) < 4.78 is 0. The molecule has 1 aromatic heterocycles. The first-order valence-corrected chi connectivity index (χ1v) is 9.06. The van der Waals surface area contributed by atoms with E-state index in [4.69, 9.17) is 0 Å². The van der Waals surface area contributed by atoms with Crippen molar-refractivity contribution in [2.24, 2.45) is 0 Å². The van der Waals surface area contributed by atoms with Gasteiger partial charge >= 0.3 is 0 Å². The Bertz CT molecular complexity index is 657. The smallest absolute Gasteiger partial charge is 0.0695 e. The Labute approximate surface area is 144 Å². The summed E-state index contributed by atoms with van der Waals surface area (Å²) in [5.74, 6) is 0. The molecule has 2 aromatic rings. The minimum Gasteiger partial charge on any atom is -0.314 e. The number of likely N-dealkylation sites (tertiary alicyclic amines) is 1. The van der Waals surface area contributed by atoms with E-state index in [0.717, 1.165) is 25.7 Å². The predicted octanol–water partition coefficient (Wildman–Crippen LogP) is 1.86. The molecule has 2 fully saturated rings. The highest BCUT2D eigenvalue weighted by molar-refractivity contribution is 5.62. The highest BCUT2D eigenvalue weighted by atomic mass is 15.3. The summed E-state index contributed by atoms with van der Waals surface area (Å²) in [4.78, 5) is 5.24. The molecule has 2 aliphatic rings. The van der Waals surface area contributed by atoms with Crippen LogP contribution >= 0.6 is 0 Å². The molecule has 128 valence electrons. The van der Waals surface area contributed by atoms with E-state index >= 15 is 0 Å². The zero-order valence-corrected chi connectivity index (χ0v) is 14.5. The van der Waals surface area contributed by atoms with Gasteiger partial charge in [0, 0.05) is 57.4 Å². The van der Waals surface area contributed by atoms with Gasteiger partial charge in [-0.05, 0) is 18.9 Å². The van der Waals surface area contributed by atoms with E-state index in [1.54, 1.807) is 0 Å². The van der Waals surface area contributed by atoms with Crippen LogP contribution in [0.3, 0.4) is 0 Å². The number of nitrogens with zero attached hydrogens (tertiary/aromatic N) is 3. The van der Waals surface area contributed by atoms with Gasteiger partial charge in [0.05, 0.1) is 11.9 Å². The van der Waals surface area contributed by atoms with Crippen LogP contribution in [-0.4, -0.2) is 65.3 Å². The maximum Gasteiger partial charge on any atom is 0.0695 e. The molecule has 0 aliphatic carbocycles. The SMILES string of the molecule is Cc1ccc(-c2[nH]ncc2CN2CCC(N3CCNCC3)C2)cc1. The van der Waals surface area contributed by atoms with Crippen LogP contribution in [0.5, 0.6) is 0 Å². The van der Waals surface area contributed by atoms with E-state index < -0.39 is 0 Å². The zero-order chi connectivity index (χ0) is 16.4. The lowest BCUT2D eigenvalue weighted by Crippen LogP contribution is -2.49. The van der Waals surface area contributed by atoms with E-state index in [0.29, 0.717) is 0 Å². The summed E-state index contributed by atoms with van der Waals surface area (Å²) in [5, 5.41) is 10.9. The number of aryl methyl sites for hydroxylation is 1. The molecular formula is C19H27N5. The first-order valence-electron chi connectivity index (χ1n) is 9.06. The summed E-state index contributed by atoms with van der Waals surface area (Å²) in [6, 6.07) is 9.41. The Kier molecular flexibility index (Phi) is 4.65. The molecule has 0 spiro atoms. The van der Waals surface area contributed by atoms with Crippen LogP contribution in [0.4, 0.5) is 0 Å². The van der Waals surface area contributed by atoms with Crippen LogP contribution in [0.25, 0.3) is 11.3 Å². The highest BCUT2D eigenvalue weighted by Crippen LogP contribution is 2.25. The number of rotatable bonds is 4. The Morgan fingerprint density at radius 3 is 2.71 bits per heavy atom. The number of hydrogen-bond donors (Lipinski definition) is 2. The third-order valence-corrected chi connectivity index (χ3v) is 5.37. The second kappa shape index (κ2) is 7.05. The Morgan fingerprint density at radius 2 is 1.92 bits per heavy atom. The van der Waals surface area contributed by atoms with Crippen molar-refractivity contribution in [1.29, 1.82) is 0 Å². The average Bonchev–Trinajstić information content (AvgIpc) is 3.27. The van der Waals surface area contributed by atoms with Gasteiger partial charge in [-0.2, -0.15) is 5.10 Å². The van der Waals surface area contributed by atoms with Gasteiger partial charge in [0.2, 0.25) is 0 Å². The molecular weight excluding hydrogens is 298 g/mol. The third-order valence-electron chi connectivity index (χ3n) is 5.37. The number of benzene rings is 1. The van der Waals surface area contributed by atoms with Crippen LogP contribution in [-0.2, 0) is 6.54 Å².